The first-order chi connectivity index (χ1) is 13.0. The molecule has 3 aromatic rings. The molecular formula is C17H15BrClFN4O3. The smallest absolute Gasteiger partial charge is 0.277 e. The number of aliphatic hydroxyl groups excluding tert-OH is 1. The first kappa shape index (κ1) is 19.6. The minimum Gasteiger partial charge on any atom is -0.394 e. The fraction of sp³-hybridized carbons (Fsp3) is 0.176. The van der Waals surface area contributed by atoms with Crippen LogP contribution in [-0.2, 0) is 11.6 Å². The maximum absolute atomic E-state index is 13.1. The number of hydroxylamine groups is 1. The van der Waals surface area contributed by atoms with E-state index in [4.69, 9.17) is 21.5 Å². The highest BCUT2D eigenvalue weighted by Gasteiger charge is 2.17. The first-order valence-electron chi connectivity index (χ1n) is 7.83. The average Bonchev–Trinajstić information content (AvgIpc) is 3.05. The number of nitrogens with one attached hydrogen (secondary N) is 2. The molecule has 0 aliphatic heterocycles. The van der Waals surface area contributed by atoms with Gasteiger partial charge in [0.15, 0.2) is 6.80 Å². The molecule has 3 rings (SSSR count). The van der Waals surface area contributed by atoms with Crippen LogP contribution < -0.4 is 10.8 Å². The number of carbonyl (C=O) groups is 1. The molecule has 0 atom stereocenters. The third-order valence-electron chi connectivity index (χ3n) is 3.69. The van der Waals surface area contributed by atoms with Crippen LogP contribution in [0, 0.1) is 0 Å². The molecule has 0 spiro atoms. The third kappa shape index (κ3) is 4.38. The molecule has 142 valence electrons. The van der Waals surface area contributed by atoms with Gasteiger partial charge in [0.1, 0.15) is 0 Å². The number of nitrogens with zero attached hydrogens (tertiary/aromatic N) is 2. The minimum absolute atomic E-state index is 0.0578. The summed E-state index contributed by atoms with van der Waals surface area (Å²) in [6, 6.07) is 8.40. The zero-order valence-corrected chi connectivity index (χ0v) is 16.2. The number of benzene rings is 2. The van der Waals surface area contributed by atoms with Crippen LogP contribution in [0.4, 0.5) is 15.8 Å². The van der Waals surface area contributed by atoms with Gasteiger partial charge in [-0.2, -0.15) is 0 Å². The van der Waals surface area contributed by atoms with Crippen LogP contribution in [-0.4, -0.2) is 33.8 Å². The van der Waals surface area contributed by atoms with E-state index in [2.05, 4.69) is 31.7 Å². The van der Waals surface area contributed by atoms with E-state index in [1.165, 1.54) is 17.0 Å². The highest BCUT2D eigenvalue weighted by molar-refractivity contribution is 9.10. The van der Waals surface area contributed by atoms with Crippen molar-refractivity contribution in [3.8, 4) is 0 Å². The van der Waals surface area contributed by atoms with E-state index in [0.717, 1.165) is 4.47 Å². The molecule has 1 amide bonds. The molecule has 3 N–H and O–H groups in total. The van der Waals surface area contributed by atoms with Gasteiger partial charge in [-0.15, -0.1) is 0 Å². The van der Waals surface area contributed by atoms with Gasteiger partial charge < -0.3 is 15.0 Å². The maximum Gasteiger partial charge on any atom is 0.277 e. The van der Waals surface area contributed by atoms with Gasteiger partial charge in [-0.05, 0) is 30.3 Å². The summed E-state index contributed by atoms with van der Waals surface area (Å²) in [4.78, 5) is 21.6. The van der Waals surface area contributed by atoms with Crippen LogP contribution in [0.3, 0.4) is 0 Å². The van der Waals surface area contributed by atoms with Gasteiger partial charge in [0, 0.05) is 4.47 Å². The second-order valence-corrected chi connectivity index (χ2v) is 6.80. The summed E-state index contributed by atoms with van der Waals surface area (Å²) < 4.78 is 15.2. The Hall–Kier alpha value is -2.20. The molecule has 0 aliphatic rings. The number of fused-ring (bicyclic) bond motifs is 1. The highest BCUT2D eigenvalue weighted by atomic mass is 79.9. The molecule has 2 aromatic carbocycles. The molecule has 0 unspecified atom stereocenters. The Kier molecular flexibility index (Phi) is 6.27. The zero-order chi connectivity index (χ0) is 19.4. The fourth-order valence-electron chi connectivity index (χ4n) is 2.44. The minimum atomic E-state index is -0.774. The number of rotatable bonds is 7. The van der Waals surface area contributed by atoms with Gasteiger partial charge in [0.25, 0.3) is 5.91 Å². The number of amides is 1. The number of aliphatic hydroxyl groups is 1. The Morgan fingerprint density at radius 2 is 2.15 bits per heavy atom. The van der Waals surface area contributed by atoms with Gasteiger partial charge in [-0.25, -0.2) is 14.9 Å². The van der Waals surface area contributed by atoms with E-state index in [0.29, 0.717) is 27.4 Å². The average molecular weight is 458 g/mol. The molecule has 0 aliphatic carbocycles. The van der Waals surface area contributed by atoms with Crippen LogP contribution >= 0.6 is 27.5 Å². The van der Waals surface area contributed by atoms with Crippen molar-refractivity contribution in [2.45, 2.75) is 6.80 Å². The van der Waals surface area contributed by atoms with Gasteiger partial charge >= 0.3 is 0 Å². The lowest BCUT2D eigenvalue weighted by Gasteiger charge is -2.14. The van der Waals surface area contributed by atoms with Gasteiger partial charge in [-0.3, -0.25) is 9.63 Å². The number of aromatic nitrogens is 2. The van der Waals surface area contributed by atoms with Crippen LogP contribution in [0.1, 0.15) is 10.4 Å². The molecule has 7 nitrogen and oxygen atoms in total. The van der Waals surface area contributed by atoms with Crippen molar-refractivity contribution in [3.05, 3.63) is 51.7 Å². The lowest BCUT2D eigenvalue weighted by molar-refractivity contribution is 0.0169. The molecule has 1 aromatic heterocycles. The topological polar surface area (TPSA) is 88.4 Å². The van der Waals surface area contributed by atoms with E-state index in [1.54, 1.807) is 24.3 Å². The molecular weight excluding hydrogens is 443 g/mol. The molecule has 0 bridgehead atoms. The first-order valence-corrected chi connectivity index (χ1v) is 9.00. The molecule has 0 fully saturated rings. The van der Waals surface area contributed by atoms with Crippen LogP contribution in [0.25, 0.3) is 11.0 Å². The fourth-order valence-corrected chi connectivity index (χ4v) is 3.16. The van der Waals surface area contributed by atoms with Crippen molar-refractivity contribution >= 4 is 55.8 Å². The normalized spacial score (nSPS) is 11.0. The van der Waals surface area contributed by atoms with Gasteiger partial charge in [0.05, 0.1) is 52.5 Å². The Bertz CT molecular complexity index is 982. The number of imidazole rings is 1. The number of anilines is 2. The van der Waals surface area contributed by atoms with Gasteiger partial charge in [-0.1, -0.05) is 27.5 Å². The molecule has 27 heavy (non-hydrogen) atoms. The largest absolute Gasteiger partial charge is 0.394 e. The Balaban J connectivity index is 2.02. The van der Waals surface area contributed by atoms with E-state index >= 15 is 0 Å². The Morgan fingerprint density at radius 3 is 2.85 bits per heavy atom. The highest BCUT2D eigenvalue weighted by Crippen LogP contribution is 2.31. The van der Waals surface area contributed by atoms with Gasteiger partial charge in [0.2, 0.25) is 0 Å². The van der Waals surface area contributed by atoms with E-state index in [-0.39, 0.29) is 18.8 Å². The number of hydrogen-bond acceptors (Lipinski definition) is 5. The second kappa shape index (κ2) is 8.66. The van der Waals surface area contributed by atoms with E-state index in [9.17, 15) is 9.18 Å². The van der Waals surface area contributed by atoms with Crippen molar-refractivity contribution in [3.63, 3.8) is 0 Å². The zero-order valence-electron chi connectivity index (χ0n) is 13.9. The number of alkyl halides is 1. The van der Waals surface area contributed by atoms with Crippen molar-refractivity contribution in [1.29, 1.82) is 0 Å². The number of halogens is 3. The Labute approximate surface area is 167 Å². The predicted molar refractivity (Wildman–Crippen MR) is 104 cm³/mol. The monoisotopic (exact) mass is 456 g/mol. The quantitative estimate of drug-likeness (QED) is 0.371. The summed E-state index contributed by atoms with van der Waals surface area (Å²) in [6.45, 7) is -1.07. The predicted octanol–water partition coefficient (Wildman–Crippen LogP) is 3.78. The summed E-state index contributed by atoms with van der Waals surface area (Å²) in [7, 11) is 0. The summed E-state index contributed by atoms with van der Waals surface area (Å²) in [6.07, 6.45) is 1.35. The van der Waals surface area contributed by atoms with E-state index in [1.807, 2.05) is 0 Å². The van der Waals surface area contributed by atoms with Crippen LogP contribution in [0.15, 0.2) is 41.1 Å². The van der Waals surface area contributed by atoms with Crippen molar-refractivity contribution in [1.82, 2.24) is 15.0 Å². The second-order valence-electron chi connectivity index (χ2n) is 5.47. The van der Waals surface area contributed by atoms with Crippen molar-refractivity contribution < 1.29 is 19.1 Å². The third-order valence-corrected chi connectivity index (χ3v) is 4.50. The summed E-state index contributed by atoms with van der Waals surface area (Å²) in [5, 5.41) is 12.3. The molecule has 0 saturated carbocycles. The number of carbonyl (C=O) groups excluding carboxylic acids is 1. The SMILES string of the molecule is O=C(NOCCO)c1cc2c(cc1Nc1ccc(Br)cc1Cl)ncn2CF. The summed E-state index contributed by atoms with van der Waals surface area (Å²) in [5.41, 5.74) is 4.41. The summed E-state index contributed by atoms with van der Waals surface area (Å²) in [5.74, 6) is -0.562. The van der Waals surface area contributed by atoms with Crippen molar-refractivity contribution in [2.24, 2.45) is 0 Å². The molecule has 0 saturated heterocycles. The maximum atomic E-state index is 13.1. The lowest BCUT2D eigenvalue weighted by Crippen LogP contribution is -2.26. The molecule has 1 heterocycles. The number of hydrogen-bond donors (Lipinski definition) is 3. The standard InChI is InChI=1S/C17H15BrClFN4O3/c18-10-1-2-13(12(19)5-10)22-14-7-15-16(24(8-20)9-21-15)6-11(14)17(26)23-27-4-3-25/h1-2,5-7,9,22,25H,3-4,8H2,(H,23,26). The van der Waals surface area contributed by atoms with Crippen LogP contribution in [0.5, 0.6) is 0 Å². The van der Waals surface area contributed by atoms with Crippen molar-refractivity contribution in [2.75, 3.05) is 18.5 Å². The Morgan fingerprint density at radius 1 is 1.33 bits per heavy atom. The molecule has 0 radical (unpaired) electrons. The lowest BCUT2D eigenvalue weighted by atomic mass is 10.1. The van der Waals surface area contributed by atoms with E-state index < -0.39 is 12.7 Å². The molecule has 10 heteroatoms. The van der Waals surface area contributed by atoms with Crippen LogP contribution in [0.2, 0.25) is 5.02 Å². The summed E-state index contributed by atoms with van der Waals surface area (Å²) >= 11 is 9.58.